The number of hydrogen-bond acceptors (Lipinski definition) is 6. The summed E-state index contributed by atoms with van der Waals surface area (Å²) in [5.41, 5.74) is -0.871. The molecule has 2 amide bonds. The Kier molecular flexibility index (Phi) is 7.62. The summed E-state index contributed by atoms with van der Waals surface area (Å²) in [5, 5.41) is 33.9. The van der Waals surface area contributed by atoms with Gasteiger partial charge in [-0.05, 0) is 56.4 Å². The molecular weight excluding hydrogens is 467 g/mol. The Morgan fingerprint density at radius 1 is 1.20 bits per heavy atom. The van der Waals surface area contributed by atoms with Crippen molar-refractivity contribution in [2.45, 2.75) is 81.5 Å². The summed E-state index contributed by atoms with van der Waals surface area (Å²) >= 11 is 0. The Balaban J connectivity index is 1.24. The number of hydrogen-bond donors (Lipinski definition) is 4. The predicted molar refractivity (Wildman–Crippen MR) is 119 cm³/mol. The van der Waals surface area contributed by atoms with Crippen molar-refractivity contribution in [1.82, 2.24) is 20.3 Å². The molecule has 0 spiro atoms. The van der Waals surface area contributed by atoms with Crippen molar-refractivity contribution < 1.29 is 32.9 Å². The number of halogens is 3. The van der Waals surface area contributed by atoms with Gasteiger partial charge in [-0.15, -0.1) is 5.10 Å². The fraction of sp³-hybridized carbons (Fsp3) is 0.609. The predicted octanol–water partition coefficient (Wildman–Crippen LogP) is 3.18. The van der Waals surface area contributed by atoms with Gasteiger partial charge >= 0.3 is 12.2 Å². The van der Waals surface area contributed by atoms with Crippen molar-refractivity contribution in [1.29, 1.82) is 0 Å². The van der Waals surface area contributed by atoms with E-state index in [0.29, 0.717) is 44.3 Å². The molecule has 2 aliphatic rings. The van der Waals surface area contributed by atoms with Crippen molar-refractivity contribution in [2.24, 2.45) is 0 Å². The number of urea groups is 1. The third-order valence-electron chi connectivity index (χ3n) is 6.71. The van der Waals surface area contributed by atoms with E-state index in [4.69, 9.17) is 4.74 Å². The van der Waals surface area contributed by atoms with Gasteiger partial charge in [0.05, 0.1) is 30.5 Å². The van der Waals surface area contributed by atoms with Crippen LogP contribution in [0.2, 0.25) is 0 Å². The number of aryl methyl sites for hydroxylation is 1. The summed E-state index contributed by atoms with van der Waals surface area (Å²) in [6.07, 6.45) is 1.73. The van der Waals surface area contributed by atoms with Crippen LogP contribution in [0, 0.1) is 0 Å². The fourth-order valence-electron chi connectivity index (χ4n) is 4.70. The minimum Gasteiger partial charge on any atom is -0.394 e. The number of benzene rings is 1. The Hall–Kier alpha value is -2.70. The van der Waals surface area contributed by atoms with E-state index in [2.05, 4.69) is 20.9 Å². The number of nitrogens with zero attached hydrogens (tertiary/aromatic N) is 3. The molecule has 1 aliphatic carbocycles. The van der Waals surface area contributed by atoms with Gasteiger partial charge in [-0.2, -0.15) is 13.2 Å². The number of alkyl halides is 3. The second-order valence-corrected chi connectivity index (χ2v) is 9.23. The fourth-order valence-corrected chi connectivity index (χ4v) is 4.70. The molecule has 3 atom stereocenters. The number of anilines is 1. The highest BCUT2D eigenvalue weighted by Crippen LogP contribution is 2.37. The molecule has 12 heteroatoms. The van der Waals surface area contributed by atoms with E-state index in [1.165, 1.54) is 12.1 Å². The standard InChI is InChI=1S/C23H30F3N5O4/c24-23(25,26)15-3-5-16(6-4-15)27-21(33)28-18-8-7-17(35-19(18)14-32)9-12-31-13-20(29-30-31)22(34)10-1-2-11-22/h3-6,13,17-19,32,34H,1-2,7-12,14H2,(H2,27,28,33)/t17-,18-,19+/m1/s1. The lowest BCUT2D eigenvalue weighted by Gasteiger charge is -2.36. The molecular formula is C23H30F3N5O4. The maximum atomic E-state index is 12.7. The average molecular weight is 498 g/mol. The van der Waals surface area contributed by atoms with E-state index in [9.17, 15) is 28.2 Å². The molecule has 0 bridgehead atoms. The number of aromatic nitrogens is 3. The van der Waals surface area contributed by atoms with Crippen molar-refractivity contribution in [3.8, 4) is 0 Å². The highest BCUT2D eigenvalue weighted by Gasteiger charge is 2.36. The number of aliphatic hydroxyl groups is 2. The molecule has 1 saturated heterocycles. The van der Waals surface area contributed by atoms with E-state index >= 15 is 0 Å². The number of aliphatic hydroxyl groups excluding tert-OH is 1. The van der Waals surface area contributed by atoms with Gasteiger partial charge in [-0.1, -0.05) is 18.1 Å². The van der Waals surface area contributed by atoms with E-state index in [-0.39, 0.29) is 18.4 Å². The normalized spacial score (nSPS) is 24.3. The molecule has 0 radical (unpaired) electrons. The third-order valence-corrected chi connectivity index (χ3v) is 6.71. The van der Waals surface area contributed by atoms with Crippen LogP contribution in [0.3, 0.4) is 0 Å². The first-order valence-electron chi connectivity index (χ1n) is 11.8. The van der Waals surface area contributed by atoms with Gasteiger partial charge in [-0.3, -0.25) is 4.68 Å². The van der Waals surface area contributed by atoms with E-state index < -0.39 is 35.5 Å². The maximum Gasteiger partial charge on any atom is 0.416 e. The SMILES string of the molecule is O=C(Nc1ccc(C(F)(F)F)cc1)N[C@@H]1CC[C@H](CCn2cc(C3(O)CCCC3)nn2)O[C@H]1CO. The molecule has 4 N–H and O–H groups in total. The lowest BCUT2D eigenvalue weighted by molar-refractivity contribution is -0.137. The lowest BCUT2D eigenvalue weighted by atomic mass is 9.97. The van der Waals surface area contributed by atoms with E-state index in [1.807, 2.05) is 0 Å². The molecule has 2 heterocycles. The quantitative estimate of drug-likeness (QED) is 0.466. The Labute approximate surface area is 200 Å². The summed E-state index contributed by atoms with van der Waals surface area (Å²) in [4.78, 5) is 12.3. The van der Waals surface area contributed by atoms with Gasteiger partial charge < -0.3 is 25.6 Å². The van der Waals surface area contributed by atoms with E-state index in [0.717, 1.165) is 25.0 Å². The second kappa shape index (κ2) is 10.5. The van der Waals surface area contributed by atoms with Gasteiger partial charge in [0.25, 0.3) is 0 Å². The van der Waals surface area contributed by atoms with Crippen molar-refractivity contribution in [3.63, 3.8) is 0 Å². The summed E-state index contributed by atoms with van der Waals surface area (Å²) < 4.78 is 45.7. The topological polar surface area (TPSA) is 122 Å². The zero-order chi connectivity index (χ0) is 25.1. The number of carbonyl (C=O) groups is 1. The number of nitrogens with one attached hydrogen (secondary N) is 2. The first-order chi connectivity index (χ1) is 16.7. The second-order valence-electron chi connectivity index (χ2n) is 9.23. The molecule has 2 fully saturated rings. The summed E-state index contributed by atoms with van der Waals surface area (Å²) in [5.74, 6) is 0. The number of ether oxygens (including phenoxy) is 1. The van der Waals surface area contributed by atoms with Gasteiger partial charge in [-0.25, -0.2) is 4.79 Å². The molecule has 1 aliphatic heterocycles. The van der Waals surface area contributed by atoms with Gasteiger partial charge in [0.15, 0.2) is 0 Å². The largest absolute Gasteiger partial charge is 0.416 e. The van der Waals surface area contributed by atoms with Crippen LogP contribution in [0.5, 0.6) is 0 Å². The van der Waals surface area contributed by atoms with Crippen molar-refractivity contribution in [3.05, 3.63) is 41.7 Å². The molecule has 4 rings (SSSR count). The van der Waals surface area contributed by atoms with Gasteiger partial charge in [0.2, 0.25) is 0 Å². The third kappa shape index (κ3) is 6.30. The molecule has 1 saturated carbocycles. The number of amides is 2. The number of rotatable bonds is 7. The Bertz CT molecular complexity index is 992. The highest BCUT2D eigenvalue weighted by molar-refractivity contribution is 5.89. The summed E-state index contributed by atoms with van der Waals surface area (Å²) in [6, 6.07) is 3.12. The summed E-state index contributed by atoms with van der Waals surface area (Å²) in [6.45, 7) is 0.251. The maximum absolute atomic E-state index is 12.7. The van der Waals surface area contributed by atoms with Crippen LogP contribution >= 0.6 is 0 Å². The molecule has 35 heavy (non-hydrogen) atoms. The number of carbonyl (C=O) groups excluding carboxylic acids is 1. The monoisotopic (exact) mass is 497 g/mol. The van der Waals surface area contributed by atoms with Crippen LogP contribution in [0.1, 0.15) is 56.2 Å². The average Bonchev–Trinajstić information content (AvgIpc) is 3.48. The molecule has 2 aromatic rings. The zero-order valence-electron chi connectivity index (χ0n) is 19.2. The van der Waals surface area contributed by atoms with Crippen LogP contribution in [-0.2, 0) is 23.1 Å². The molecule has 1 aromatic heterocycles. The van der Waals surface area contributed by atoms with Crippen LogP contribution in [0.25, 0.3) is 0 Å². The lowest BCUT2D eigenvalue weighted by Crippen LogP contribution is -2.52. The van der Waals surface area contributed by atoms with E-state index in [1.54, 1.807) is 10.9 Å². The molecule has 192 valence electrons. The van der Waals surface area contributed by atoms with Crippen LogP contribution in [-0.4, -0.2) is 56.1 Å². The molecule has 0 unspecified atom stereocenters. The van der Waals surface area contributed by atoms with Crippen molar-refractivity contribution >= 4 is 11.7 Å². The molecule has 1 aromatic carbocycles. The first-order valence-corrected chi connectivity index (χ1v) is 11.8. The van der Waals surface area contributed by atoms with Crippen LogP contribution < -0.4 is 10.6 Å². The smallest absolute Gasteiger partial charge is 0.394 e. The zero-order valence-corrected chi connectivity index (χ0v) is 19.2. The minimum atomic E-state index is -4.45. The summed E-state index contributed by atoms with van der Waals surface area (Å²) in [7, 11) is 0. The van der Waals surface area contributed by atoms with Crippen LogP contribution in [0.4, 0.5) is 23.7 Å². The molecule has 9 nitrogen and oxygen atoms in total. The van der Waals surface area contributed by atoms with Gasteiger partial charge in [0.1, 0.15) is 17.4 Å². The minimum absolute atomic E-state index is 0.148. The van der Waals surface area contributed by atoms with Gasteiger partial charge in [0, 0.05) is 12.2 Å². The van der Waals surface area contributed by atoms with Crippen molar-refractivity contribution in [2.75, 3.05) is 11.9 Å². The Morgan fingerprint density at radius 3 is 2.57 bits per heavy atom. The first kappa shape index (κ1) is 25.4. The highest BCUT2D eigenvalue weighted by atomic mass is 19.4. The van der Waals surface area contributed by atoms with Crippen LogP contribution in [0.15, 0.2) is 30.5 Å². The Morgan fingerprint density at radius 2 is 1.91 bits per heavy atom.